The van der Waals surface area contributed by atoms with E-state index in [9.17, 15) is 53.1 Å². The van der Waals surface area contributed by atoms with Gasteiger partial charge in [0.15, 0.2) is 0 Å². The van der Waals surface area contributed by atoms with Gasteiger partial charge in [0.25, 0.3) is 5.56 Å². The van der Waals surface area contributed by atoms with Crippen LogP contribution < -0.4 is 37.9 Å². The predicted molar refractivity (Wildman–Crippen MR) is 439 cm³/mol. The standard InChI is InChI=1S/C86H116N12O23/c1-6-64-65-46-63(99)24-25-70(65)92-77-66(64)52-97-73(77)47-68-67(81(97)106)54-119-83(108)86(68,7-2)121-84(109)120-53-59-18-22-61(23-19-59)90-79(104)71(15-11-12-26-87)93-80(105)72(45-57-13-9-8-10-14-57)91-75(101)56-118-55-74(100)88-27-29-110-31-33-112-35-37-114-39-41-116-43-44-117-42-40-115-38-36-113-34-32-111-30-28-96-51-62(94-95-96)49-89-78(103)60-20-16-58(17-21-60)50-98-76(102)48-69(82(98)107)85(3,4)5/h8-10,13-14,18-19,22-25,46-47,51,58,60,69,71-72,99H,6-7,11-12,15-17,20-21,26-45,48-50,52-56,87H2,1-5H3,(H,88,100)(H,89,103)(H,90,104)(H,91,101)(H,93,105)/t58?,60?,69?,71-,72-,86+/m1/s1. The molecule has 3 aromatic heterocycles. The number of aromatic hydroxyl groups is 1. The second-order valence-corrected chi connectivity index (χ2v) is 31.1. The number of anilines is 1. The number of unbranched alkanes of at least 4 members (excludes halogenated alkanes) is 1. The summed E-state index contributed by atoms with van der Waals surface area (Å²) < 4.78 is 70.2. The molecule has 2 fully saturated rings. The molecule has 1 unspecified atom stereocenters. The zero-order valence-electron chi connectivity index (χ0n) is 69.8. The number of phenols is 1. The summed E-state index contributed by atoms with van der Waals surface area (Å²) in [6, 6.07) is 19.6. The summed E-state index contributed by atoms with van der Waals surface area (Å²) in [5.41, 5.74) is 8.94. The molecule has 35 nitrogen and oxygen atoms in total. The minimum absolute atomic E-state index is 0.0202. The smallest absolute Gasteiger partial charge is 0.508 e. The fourth-order valence-corrected chi connectivity index (χ4v) is 14.9. The lowest BCUT2D eigenvalue weighted by atomic mass is 9.79. The Morgan fingerprint density at radius 1 is 0.686 bits per heavy atom. The van der Waals surface area contributed by atoms with Crippen molar-refractivity contribution in [2.45, 2.75) is 156 Å². The molecule has 3 aromatic carbocycles. The molecule has 3 aliphatic heterocycles. The van der Waals surface area contributed by atoms with Gasteiger partial charge in [-0.2, -0.15) is 0 Å². The second-order valence-electron chi connectivity index (χ2n) is 31.1. The number of hydrogen-bond acceptors (Lipinski definition) is 27. The van der Waals surface area contributed by atoms with Crippen molar-refractivity contribution < 1.29 is 105 Å². The minimum atomic E-state index is -2.03. The number of nitrogens with one attached hydrogen (secondary N) is 5. The lowest BCUT2D eigenvalue weighted by Crippen LogP contribution is -2.54. The molecule has 1 saturated heterocycles. The van der Waals surface area contributed by atoms with E-state index in [4.69, 9.17) is 67.6 Å². The Balaban J connectivity index is 0.515. The maximum absolute atomic E-state index is 14.2. The average Bonchev–Trinajstić information content (AvgIpc) is 1.70. The van der Waals surface area contributed by atoms with Crippen LogP contribution in [0.2, 0.25) is 0 Å². The number of amides is 7. The molecular formula is C86H116N12O23. The van der Waals surface area contributed by atoms with Crippen LogP contribution in [0, 0.1) is 23.2 Å². The Hall–Kier alpha value is -10.2. The third kappa shape index (κ3) is 27.4. The Labute approximate surface area is 703 Å². The Kier molecular flexibility index (Phi) is 36.4. The lowest BCUT2D eigenvalue weighted by molar-refractivity contribution is -0.175. The van der Waals surface area contributed by atoms with Crippen molar-refractivity contribution in [3.63, 3.8) is 0 Å². The van der Waals surface area contributed by atoms with Gasteiger partial charge in [-0.1, -0.05) is 82.3 Å². The Bertz CT molecular complexity index is 4490. The molecule has 1 aliphatic carbocycles. The van der Waals surface area contributed by atoms with E-state index in [1.807, 2.05) is 33.8 Å². The zero-order chi connectivity index (χ0) is 86.1. The fourth-order valence-electron chi connectivity index (χ4n) is 14.9. The number of pyridine rings is 2. The number of likely N-dealkylation sites (tertiary alicyclic amines) is 1. The Morgan fingerprint density at radius 2 is 1.32 bits per heavy atom. The van der Waals surface area contributed by atoms with Crippen molar-refractivity contribution in [3.05, 3.63) is 134 Å². The van der Waals surface area contributed by atoms with Gasteiger partial charge in [0.05, 0.1) is 160 Å². The van der Waals surface area contributed by atoms with Gasteiger partial charge in [-0.3, -0.25) is 43.3 Å². The van der Waals surface area contributed by atoms with Crippen molar-refractivity contribution in [1.82, 2.24) is 50.7 Å². The molecule has 10 rings (SSSR count). The number of benzene rings is 3. The molecule has 121 heavy (non-hydrogen) atoms. The maximum atomic E-state index is 14.2. The highest BCUT2D eigenvalue weighted by Crippen LogP contribution is 2.43. The van der Waals surface area contributed by atoms with Crippen molar-refractivity contribution in [3.8, 4) is 17.1 Å². The van der Waals surface area contributed by atoms with E-state index < -0.39 is 72.2 Å². The quantitative estimate of drug-likeness (QED) is 0.0143. The molecule has 35 heteroatoms. The van der Waals surface area contributed by atoms with Crippen molar-refractivity contribution in [1.29, 1.82) is 0 Å². The van der Waals surface area contributed by atoms with Gasteiger partial charge < -0.3 is 98.8 Å². The van der Waals surface area contributed by atoms with E-state index in [2.05, 4.69) is 36.9 Å². The maximum Gasteiger partial charge on any atom is 0.510 e. The van der Waals surface area contributed by atoms with Gasteiger partial charge in [-0.15, -0.1) is 5.10 Å². The van der Waals surface area contributed by atoms with Gasteiger partial charge >= 0.3 is 12.1 Å². The first-order valence-corrected chi connectivity index (χ1v) is 41.7. The summed E-state index contributed by atoms with van der Waals surface area (Å²) >= 11 is 0. The van der Waals surface area contributed by atoms with Crippen molar-refractivity contribution in [2.75, 3.05) is 144 Å². The molecule has 4 atom stereocenters. The molecule has 4 aliphatic rings. The summed E-state index contributed by atoms with van der Waals surface area (Å²) in [5.74, 6) is -3.51. The van der Waals surface area contributed by atoms with E-state index in [1.165, 1.54) is 11.0 Å². The van der Waals surface area contributed by atoms with E-state index in [0.29, 0.717) is 178 Å². The number of fused-ring (bicyclic) bond motifs is 5. The zero-order valence-corrected chi connectivity index (χ0v) is 69.8. The number of esters is 1. The summed E-state index contributed by atoms with van der Waals surface area (Å²) in [5, 5.41) is 33.4. The highest BCUT2D eigenvalue weighted by atomic mass is 16.7. The normalized spacial score (nSPS) is 17.3. The third-order valence-corrected chi connectivity index (χ3v) is 21.5. The highest BCUT2D eigenvalue weighted by molar-refractivity contribution is 6.04. The molecule has 0 bridgehead atoms. The molecular weight excluding hydrogens is 1570 g/mol. The number of aryl methyl sites for hydroxylation is 1. The number of carbonyl (C=O) groups excluding carboxylic acids is 9. The van der Waals surface area contributed by atoms with Crippen molar-refractivity contribution >= 4 is 70.1 Å². The van der Waals surface area contributed by atoms with Crippen molar-refractivity contribution in [2.24, 2.45) is 28.9 Å². The first-order chi connectivity index (χ1) is 58.5. The number of phenolic OH excluding ortho intramolecular Hbond substituents is 1. The topological polar surface area (TPSA) is 440 Å². The van der Waals surface area contributed by atoms with Gasteiger partial charge in [0.2, 0.25) is 47.0 Å². The van der Waals surface area contributed by atoms with Gasteiger partial charge in [-0.05, 0) is 129 Å². The number of cyclic esters (lactones) is 1. The molecule has 0 radical (unpaired) electrons. The third-order valence-electron chi connectivity index (χ3n) is 21.5. The number of nitrogens with zero attached hydrogens (tertiary/aromatic N) is 6. The summed E-state index contributed by atoms with van der Waals surface area (Å²) in [6.07, 6.45) is 5.67. The van der Waals surface area contributed by atoms with Gasteiger partial charge in [-0.25, -0.2) is 19.3 Å². The average molecular weight is 1690 g/mol. The second kappa shape index (κ2) is 47.3. The number of rotatable bonds is 52. The minimum Gasteiger partial charge on any atom is -0.508 e. The number of nitrogens with two attached hydrogens (primary N) is 1. The monoisotopic (exact) mass is 1680 g/mol. The van der Waals surface area contributed by atoms with Crippen LogP contribution >= 0.6 is 0 Å². The van der Waals surface area contributed by atoms with Gasteiger partial charge in [0.1, 0.15) is 50.0 Å². The van der Waals surface area contributed by atoms with E-state index >= 15 is 0 Å². The van der Waals surface area contributed by atoms with Crippen LogP contribution in [0.25, 0.3) is 22.3 Å². The molecule has 658 valence electrons. The van der Waals surface area contributed by atoms with Crippen LogP contribution in [0.1, 0.15) is 131 Å². The number of carbonyl (C=O) groups is 9. The lowest BCUT2D eigenvalue weighted by Gasteiger charge is -2.35. The first-order valence-electron chi connectivity index (χ1n) is 41.7. The van der Waals surface area contributed by atoms with Crippen LogP contribution in [0.15, 0.2) is 89.9 Å². The van der Waals surface area contributed by atoms with Crippen LogP contribution in [0.3, 0.4) is 0 Å². The largest absolute Gasteiger partial charge is 0.510 e. The van der Waals surface area contributed by atoms with Crippen LogP contribution in [-0.2, 0) is 146 Å². The predicted octanol–water partition coefficient (Wildman–Crippen LogP) is 5.39. The fraction of sp³-hybridized carbons (Fsp3) is 0.570. The number of ether oxygens (including phenoxy) is 12. The highest BCUT2D eigenvalue weighted by Gasteiger charge is 2.52. The van der Waals surface area contributed by atoms with Crippen LogP contribution in [0.5, 0.6) is 5.75 Å². The van der Waals surface area contributed by atoms with E-state index in [-0.39, 0.29) is 130 Å². The molecule has 6 heterocycles. The SMILES string of the molecule is CCc1c2c(nc3ccc(O)cc13)-c1cc3c(c(=O)n1C2)COC(=O)[C@@]3(CC)OC(=O)OCc1ccc(NC(=O)[C@@H](CCCCN)NC(=O)[C@@H](Cc2ccccc2)NC(=O)COCC(=O)NCCOCCOCCOCCOCCOCCOCCOCCOCCn2cc(CNC(=O)C3CCC(CN4C(=O)CC(C(C)(C)C)C4=O)CC3)nn2)cc1. The van der Waals surface area contributed by atoms with Gasteiger partial charge in [0, 0.05) is 54.0 Å². The van der Waals surface area contributed by atoms with Crippen LogP contribution in [-0.4, -0.2) is 239 Å². The van der Waals surface area contributed by atoms with E-state index in [0.717, 1.165) is 34.9 Å². The summed E-state index contributed by atoms with van der Waals surface area (Å²) in [6.45, 7) is 15.8. The molecule has 7 amide bonds. The first kappa shape index (κ1) is 93.1. The van der Waals surface area contributed by atoms with E-state index in [1.54, 1.807) is 89.1 Å². The summed E-state index contributed by atoms with van der Waals surface area (Å²) in [7, 11) is 0. The number of imide groups is 1. The number of hydrogen-bond donors (Lipinski definition) is 7. The Morgan fingerprint density at radius 3 is 1.94 bits per heavy atom. The summed E-state index contributed by atoms with van der Waals surface area (Å²) in [4.78, 5) is 140. The molecule has 6 aromatic rings. The van der Waals surface area contributed by atoms with Crippen LogP contribution in [0.4, 0.5) is 10.5 Å². The molecule has 8 N–H and O–H groups in total. The molecule has 0 spiro atoms. The molecule has 1 saturated carbocycles. The number of aromatic nitrogens is 5.